The van der Waals surface area contributed by atoms with E-state index >= 15 is 0 Å². The summed E-state index contributed by atoms with van der Waals surface area (Å²) in [6.07, 6.45) is 0. The Balaban J connectivity index is 1.26. The Bertz CT molecular complexity index is 1660. The largest absolute Gasteiger partial charge is 0.478 e. The van der Waals surface area contributed by atoms with E-state index in [4.69, 9.17) is 0 Å². The van der Waals surface area contributed by atoms with Gasteiger partial charge in [0.1, 0.15) is 0 Å². The van der Waals surface area contributed by atoms with Gasteiger partial charge in [0.25, 0.3) is 5.91 Å². The number of aromatic carboxylic acids is 1. The Morgan fingerprint density at radius 2 is 1.32 bits per heavy atom. The summed E-state index contributed by atoms with van der Waals surface area (Å²) in [5, 5.41) is 18.6. The molecule has 0 unspecified atom stereocenters. The van der Waals surface area contributed by atoms with Crippen molar-refractivity contribution >= 4 is 62.5 Å². The molecule has 0 atom stereocenters. The van der Waals surface area contributed by atoms with Crippen molar-refractivity contribution in [3.8, 4) is 0 Å². The molecule has 0 bridgehead atoms. The van der Waals surface area contributed by atoms with Crippen LogP contribution in [0.25, 0.3) is 21.5 Å². The molecule has 0 saturated heterocycles. The molecule has 0 fully saturated rings. The van der Waals surface area contributed by atoms with Gasteiger partial charge in [-0.3, -0.25) is 9.59 Å². The van der Waals surface area contributed by atoms with Gasteiger partial charge in [0, 0.05) is 27.2 Å². The van der Waals surface area contributed by atoms with Gasteiger partial charge in [-0.15, -0.1) is 11.8 Å². The zero-order chi connectivity index (χ0) is 25.8. The first kappa shape index (κ1) is 24.1. The lowest BCUT2D eigenvalue weighted by atomic mass is 9.98. The predicted molar refractivity (Wildman–Crippen MR) is 149 cm³/mol. The fourth-order valence-corrected chi connectivity index (χ4v) is 4.94. The third-order valence-corrected chi connectivity index (χ3v) is 6.87. The Hall–Kier alpha value is -4.62. The van der Waals surface area contributed by atoms with E-state index in [2.05, 4.69) is 10.6 Å². The monoisotopic (exact) mass is 506 g/mol. The number of hydrogen-bond acceptors (Lipinski definition) is 4. The quantitative estimate of drug-likeness (QED) is 0.214. The second kappa shape index (κ2) is 10.6. The molecule has 5 rings (SSSR count). The first-order valence-corrected chi connectivity index (χ1v) is 12.5. The number of amides is 2. The third kappa shape index (κ3) is 5.47. The Kier molecular flexibility index (Phi) is 6.87. The summed E-state index contributed by atoms with van der Waals surface area (Å²) in [6.45, 7) is 0. The van der Waals surface area contributed by atoms with Crippen molar-refractivity contribution < 1.29 is 19.5 Å². The van der Waals surface area contributed by atoms with Crippen LogP contribution >= 0.6 is 11.8 Å². The number of thioether (sulfide) groups is 1. The van der Waals surface area contributed by atoms with Crippen LogP contribution in [-0.4, -0.2) is 28.6 Å². The highest BCUT2D eigenvalue weighted by Gasteiger charge is 2.17. The van der Waals surface area contributed by atoms with Gasteiger partial charge in [0.2, 0.25) is 5.91 Å². The Morgan fingerprint density at radius 3 is 2.11 bits per heavy atom. The molecule has 6 nitrogen and oxygen atoms in total. The van der Waals surface area contributed by atoms with Crippen LogP contribution < -0.4 is 10.6 Å². The van der Waals surface area contributed by atoms with Crippen molar-refractivity contribution in [1.29, 1.82) is 0 Å². The fourth-order valence-electron chi connectivity index (χ4n) is 4.18. The molecule has 0 aromatic heterocycles. The van der Waals surface area contributed by atoms with Crippen molar-refractivity contribution in [2.75, 3.05) is 16.4 Å². The summed E-state index contributed by atoms with van der Waals surface area (Å²) >= 11 is 1.36. The summed E-state index contributed by atoms with van der Waals surface area (Å²) in [5.41, 5.74) is 1.64. The molecule has 3 N–H and O–H groups in total. The minimum absolute atomic E-state index is 0.0741. The molecule has 5 aromatic carbocycles. The highest BCUT2D eigenvalue weighted by atomic mass is 32.2. The van der Waals surface area contributed by atoms with Gasteiger partial charge in [-0.05, 0) is 58.6 Å². The van der Waals surface area contributed by atoms with Crippen LogP contribution in [0.15, 0.2) is 108 Å². The molecular formula is C30H22N2O4S. The molecule has 0 aliphatic rings. The topological polar surface area (TPSA) is 95.5 Å². The average molecular weight is 507 g/mol. The lowest BCUT2D eigenvalue weighted by Gasteiger charge is -2.11. The highest BCUT2D eigenvalue weighted by molar-refractivity contribution is 8.00. The Morgan fingerprint density at radius 1 is 0.649 bits per heavy atom. The number of carboxylic acids is 1. The number of anilines is 2. The number of hydrogen-bond donors (Lipinski definition) is 3. The molecule has 182 valence electrons. The molecule has 0 saturated carbocycles. The van der Waals surface area contributed by atoms with E-state index in [1.807, 2.05) is 48.5 Å². The zero-order valence-corrected chi connectivity index (χ0v) is 20.4. The average Bonchev–Trinajstić information content (AvgIpc) is 2.91. The van der Waals surface area contributed by atoms with E-state index in [0.717, 1.165) is 21.4 Å². The molecule has 0 heterocycles. The first-order chi connectivity index (χ1) is 18.0. The smallest absolute Gasteiger partial charge is 0.336 e. The lowest BCUT2D eigenvalue weighted by Crippen LogP contribution is -2.14. The zero-order valence-electron chi connectivity index (χ0n) is 19.6. The number of fused-ring (bicyclic) bond motifs is 2. The van der Waals surface area contributed by atoms with Gasteiger partial charge in [0.15, 0.2) is 0 Å². The second-order valence-corrected chi connectivity index (χ2v) is 9.44. The van der Waals surface area contributed by atoms with Gasteiger partial charge >= 0.3 is 5.97 Å². The number of carbonyl (C=O) groups excluding carboxylic acids is 2. The van der Waals surface area contributed by atoms with Crippen molar-refractivity contribution in [2.45, 2.75) is 4.90 Å². The van der Waals surface area contributed by atoms with Crippen molar-refractivity contribution in [3.63, 3.8) is 0 Å². The molecule has 2 amide bonds. The number of rotatable bonds is 7. The molecule has 37 heavy (non-hydrogen) atoms. The van der Waals surface area contributed by atoms with Crippen LogP contribution in [-0.2, 0) is 4.79 Å². The van der Waals surface area contributed by atoms with E-state index < -0.39 is 11.9 Å². The fraction of sp³-hybridized carbons (Fsp3) is 0.0333. The van der Waals surface area contributed by atoms with E-state index in [0.29, 0.717) is 16.5 Å². The first-order valence-electron chi connectivity index (χ1n) is 11.6. The van der Waals surface area contributed by atoms with E-state index in [1.54, 1.807) is 48.5 Å². The van der Waals surface area contributed by atoms with E-state index in [9.17, 15) is 19.5 Å². The molecule has 7 heteroatoms. The predicted octanol–water partition coefficient (Wildman–Crippen LogP) is 6.67. The van der Waals surface area contributed by atoms with E-state index in [-0.39, 0.29) is 22.8 Å². The van der Waals surface area contributed by atoms with Crippen molar-refractivity contribution in [1.82, 2.24) is 0 Å². The standard InChI is InChI=1S/C30H22N2O4S/c33-27(31-23-15-14-19-6-1-2-7-21(19)16-23)18-37-24-11-5-10-22(17-24)32-29(34)25-12-3-8-20-9-4-13-26(28(20)25)30(35)36/h1-17H,18H2,(H,31,33)(H,32,34)(H,35,36). The van der Waals surface area contributed by atoms with E-state index in [1.165, 1.54) is 17.8 Å². The second-order valence-electron chi connectivity index (χ2n) is 8.40. The van der Waals surface area contributed by atoms with Crippen molar-refractivity contribution in [2.24, 2.45) is 0 Å². The molecule has 5 aromatic rings. The molecular weight excluding hydrogens is 484 g/mol. The molecule has 0 aliphatic heterocycles. The van der Waals surface area contributed by atoms with Crippen LogP contribution in [0.2, 0.25) is 0 Å². The lowest BCUT2D eigenvalue weighted by molar-refractivity contribution is -0.113. The van der Waals surface area contributed by atoms with Crippen LogP contribution in [0, 0.1) is 0 Å². The summed E-state index contributed by atoms with van der Waals surface area (Å²) < 4.78 is 0. The summed E-state index contributed by atoms with van der Waals surface area (Å²) in [6, 6.07) is 31.0. The van der Waals surface area contributed by atoms with Gasteiger partial charge in [-0.25, -0.2) is 4.79 Å². The number of carbonyl (C=O) groups is 3. The number of nitrogens with one attached hydrogen (secondary N) is 2. The normalized spacial score (nSPS) is 10.8. The minimum Gasteiger partial charge on any atom is -0.478 e. The SMILES string of the molecule is O=C(CSc1cccc(NC(=O)c2cccc3cccc(C(=O)O)c23)c1)Nc1ccc2ccccc2c1. The summed E-state index contributed by atoms with van der Waals surface area (Å²) in [7, 11) is 0. The van der Waals surface area contributed by atoms with Crippen LogP contribution in [0.5, 0.6) is 0 Å². The maximum absolute atomic E-state index is 13.1. The minimum atomic E-state index is -1.09. The van der Waals surface area contributed by atoms with Crippen molar-refractivity contribution in [3.05, 3.63) is 114 Å². The van der Waals surface area contributed by atoms with Gasteiger partial charge < -0.3 is 15.7 Å². The number of carboxylic acid groups (broad SMARTS) is 1. The molecule has 0 spiro atoms. The van der Waals surface area contributed by atoms with Crippen LogP contribution in [0.1, 0.15) is 20.7 Å². The van der Waals surface area contributed by atoms with Gasteiger partial charge in [-0.2, -0.15) is 0 Å². The summed E-state index contributed by atoms with van der Waals surface area (Å²) in [5.74, 6) is -1.43. The van der Waals surface area contributed by atoms with Gasteiger partial charge in [0.05, 0.1) is 11.3 Å². The molecule has 0 radical (unpaired) electrons. The Labute approximate surface area is 217 Å². The maximum Gasteiger partial charge on any atom is 0.336 e. The van der Waals surface area contributed by atoms with Crippen LogP contribution in [0.3, 0.4) is 0 Å². The number of benzene rings is 5. The van der Waals surface area contributed by atoms with Crippen LogP contribution in [0.4, 0.5) is 11.4 Å². The highest BCUT2D eigenvalue weighted by Crippen LogP contribution is 2.26. The molecule has 0 aliphatic carbocycles. The third-order valence-electron chi connectivity index (χ3n) is 5.87. The summed E-state index contributed by atoms with van der Waals surface area (Å²) in [4.78, 5) is 38.2. The van der Waals surface area contributed by atoms with Gasteiger partial charge in [-0.1, -0.05) is 60.7 Å². The maximum atomic E-state index is 13.1.